The number of methoxy groups -OCH3 is 1. The Morgan fingerprint density at radius 2 is 1.83 bits per heavy atom. The number of alkyl carbamates (subject to hydrolysis) is 1. The molecule has 35 heavy (non-hydrogen) atoms. The number of hydrogen-bond donors (Lipinski definition) is 2. The Labute approximate surface area is 206 Å². The zero-order valence-electron chi connectivity index (χ0n) is 21.5. The summed E-state index contributed by atoms with van der Waals surface area (Å²) in [6.45, 7) is 9.87. The number of rotatable bonds is 10. The molecule has 1 rings (SSSR count). The summed E-state index contributed by atoms with van der Waals surface area (Å²) in [7, 11) is 1.19. The van der Waals surface area contributed by atoms with Crippen molar-refractivity contribution in [3.05, 3.63) is 35.4 Å². The fourth-order valence-corrected chi connectivity index (χ4v) is 3.36. The Morgan fingerprint density at radius 1 is 1.17 bits per heavy atom. The number of carbonyl (C=O) groups is 4. The number of benzene rings is 1. The van der Waals surface area contributed by atoms with Crippen molar-refractivity contribution in [3.8, 4) is 6.07 Å². The van der Waals surface area contributed by atoms with Crippen LogP contribution in [0.1, 0.15) is 58.2 Å². The molecule has 2 N–H and O–H groups in total. The molecule has 0 aliphatic rings. The minimum Gasteiger partial charge on any atom is -0.468 e. The number of nitrogens with one attached hydrogen (secondary N) is 2. The molecule has 0 saturated heterocycles. The highest BCUT2D eigenvalue weighted by Gasteiger charge is 2.36. The van der Waals surface area contributed by atoms with Crippen LogP contribution in [0.15, 0.2) is 24.3 Å². The largest absolute Gasteiger partial charge is 0.468 e. The van der Waals surface area contributed by atoms with Crippen molar-refractivity contribution in [3.63, 3.8) is 0 Å². The summed E-state index contributed by atoms with van der Waals surface area (Å²) < 4.78 is 9.89. The maximum absolute atomic E-state index is 13.7. The number of hydrogen-bond acceptors (Lipinski definition) is 7. The molecule has 192 valence electrons. The molecule has 10 heteroatoms. The van der Waals surface area contributed by atoms with E-state index in [1.54, 1.807) is 39.0 Å². The van der Waals surface area contributed by atoms with Gasteiger partial charge in [0.2, 0.25) is 11.8 Å². The van der Waals surface area contributed by atoms with E-state index in [1.165, 1.54) is 7.11 Å². The second kappa shape index (κ2) is 13.3. The Bertz CT molecular complexity index is 948. The van der Waals surface area contributed by atoms with Crippen molar-refractivity contribution in [1.82, 2.24) is 15.5 Å². The van der Waals surface area contributed by atoms with Gasteiger partial charge in [0.15, 0.2) is 0 Å². The Hall–Kier alpha value is -3.61. The van der Waals surface area contributed by atoms with E-state index in [0.29, 0.717) is 5.56 Å². The summed E-state index contributed by atoms with van der Waals surface area (Å²) in [6, 6.07) is 6.61. The van der Waals surface area contributed by atoms with Gasteiger partial charge in [-0.25, -0.2) is 4.79 Å². The zero-order valence-corrected chi connectivity index (χ0v) is 21.5. The third-order valence-electron chi connectivity index (χ3n) is 4.77. The summed E-state index contributed by atoms with van der Waals surface area (Å²) in [6.07, 6.45) is -0.528. The normalized spacial score (nSPS) is 12.7. The van der Waals surface area contributed by atoms with Crippen LogP contribution in [0.4, 0.5) is 4.79 Å². The Kier molecular flexibility index (Phi) is 11.2. The molecule has 2 atom stereocenters. The van der Waals surface area contributed by atoms with Crippen LogP contribution in [0.3, 0.4) is 0 Å². The Balaban J connectivity index is 3.42. The van der Waals surface area contributed by atoms with Crippen LogP contribution in [-0.2, 0) is 23.9 Å². The molecule has 1 aromatic carbocycles. The molecular weight excluding hydrogens is 452 g/mol. The van der Waals surface area contributed by atoms with E-state index < -0.39 is 54.7 Å². The summed E-state index contributed by atoms with van der Waals surface area (Å²) in [5, 5.41) is 14.6. The first-order chi connectivity index (χ1) is 16.3. The van der Waals surface area contributed by atoms with E-state index in [9.17, 15) is 24.4 Å². The minimum atomic E-state index is -1.22. The van der Waals surface area contributed by atoms with E-state index in [2.05, 4.69) is 15.4 Å². The van der Waals surface area contributed by atoms with E-state index in [0.717, 1.165) is 10.5 Å². The maximum atomic E-state index is 13.7. The quantitative estimate of drug-likeness (QED) is 0.381. The molecule has 0 aromatic heterocycles. The van der Waals surface area contributed by atoms with Crippen LogP contribution in [0.5, 0.6) is 0 Å². The lowest BCUT2D eigenvalue weighted by Crippen LogP contribution is -2.53. The number of nitriles is 1. The number of esters is 1. The fourth-order valence-electron chi connectivity index (χ4n) is 3.36. The van der Waals surface area contributed by atoms with Gasteiger partial charge < -0.3 is 25.0 Å². The van der Waals surface area contributed by atoms with Gasteiger partial charge in [0, 0.05) is 0 Å². The van der Waals surface area contributed by atoms with Gasteiger partial charge in [-0.05, 0) is 45.6 Å². The molecule has 0 heterocycles. The molecule has 0 saturated carbocycles. The van der Waals surface area contributed by atoms with Gasteiger partial charge in [0.1, 0.15) is 30.8 Å². The van der Waals surface area contributed by atoms with Crippen molar-refractivity contribution < 1.29 is 28.7 Å². The van der Waals surface area contributed by atoms with Crippen LogP contribution < -0.4 is 10.6 Å². The summed E-state index contributed by atoms with van der Waals surface area (Å²) in [5.41, 5.74) is 0.513. The molecule has 0 spiro atoms. The highest BCUT2D eigenvalue weighted by Crippen LogP contribution is 2.24. The molecule has 3 amide bonds. The molecule has 1 aromatic rings. The van der Waals surface area contributed by atoms with Gasteiger partial charge >= 0.3 is 12.1 Å². The summed E-state index contributed by atoms with van der Waals surface area (Å²) >= 11 is 0. The van der Waals surface area contributed by atoms with Gasteiger partial charge in [0.05, 0.1) is 13.2 Å². The lowest BCUT2D eigenvalue weighted by molar-refractivity contribution is -0.144. The van der Waals surface area contributed by atoms with Gasteiger partial charge in [-0.3, -0.25) is 14.4 Å². The zero-order chi connectivity index (χ0) is 26.8. The molecule has 0 bridgehead atoms. The first-order valence-corrected chi connectivity index (χ1v) is 11.4. The second-order valence-corrected chi connectivity index (χ2v) is 9.56. The van der Waals surface area contributed by atoms with E-state index in [4.69, 9.17) is 4.74 Å². The second-order valence-electron chi connectivity index (χ2n) is 9.56. The van der Waals surface area contributed by atoms with Gasteiger partial charge in [-0.1, -0.05) is 43.7 Å². The standard InChI is InChI=1S/C25H36N4O6/c1-16(2)13-19(28-24(33)35-25(4,5)6)23(32)29(12-11-26)21(18-10-8-9-17(3)14-18)22(31)27-15-20(30)34-7/h8-10,14,16,19,21H,12-13,15H2,1-7H3,(H,27,31)(H,28,33). The van der Waals surface area contributed by atoms with E-state index >= 15 is 0 Å². The SMILES string of the molecule is COC(=O)CNC(=O)C(c1cccc(C)c1)N(CC#N)C(=O)C(CC(C)C)NC(=O)OC(C)(C)C. The fraction of sp³-hybridized carbons (Fsp3) is 0.560. The summed E-state index contributed by atoms with van der Waals surface area (Å²) in [5.74, 6) is -1.94. The van der Waals surface area contributed by atoms with E-state index in [1.807, 2.05) is 32.9 Å². The van der Waals surface area contributed by atoms with Crippen molar-refractivity contribution in [2.45, 2.75) is 65.6 Å². The molecular formula is C25H36N4O6. The topological polar surface area (TPSA) is 138 Å². The van der Waals surface area contributed by atoms with Gasteiger partial charge in [0.25, 0.3) is 0 Å². The minimum absolute atomic E-state index is 0.00777. The van der Waals surface area contributed by atoms with Crippen LogP contribution in [0, 0.1) is 24.2 Å². The molecule has 0 aliphatic carbocycles. The third-order valence-corrected chi connectivity index (χ3v) is 4.77. The van der Waals surface area contributed by atoms with Crippen LogP contribution in [0.25, 0.3) is 0 Å². The monoisotopic (exact) mass is 488 g/mol. The maximum Gasteiger partial charge on any atom is 0.408 e. The number of carbonyl (C=O) groups excluding carboxylic acids is 4. The van der Waals surface area contributed by atoms with Crippen LogP contribution >= 0.6 is 0 Å². The molecule has 0 radical (unpaired) electrons. The van der Waals surface area contributed by atoms with Crippen LogP contribution in [-0.4, -0.2) is 60.6 Å². The molecule has 2 unspecified atom stereocenters. The predicted octanol–water partition coefficient (Wildman–Crippen LogP) is 2.62. The molecule has 10 nitrogen and oxygen atoms in total. The first kappa shape index (κ1) is 29.4. The van der Waals surface area contributed by atoms with Crippen molar-refractivity contribution in [2.75, 3.05) is 20.2 Å². The molecule has 0 aliphatic heterocycles. The number of nitrogens with zero attached hydrogens (tertiary/aromatic N) is 2. The highest BCUT2D eigenvalue weighted by molar-refractivity contribution is 5.93. The lowest BCUT2D eigenvalue weighted by Gasteiger charge is -2.33. The van der Waals surface area contributed by atoms with Gasteiger partial charge in [-0.2, -0.15) is 5.26 Å². The van der Waals surface area contributed by atoms with E-state index in [-0.39, 0.29) is 12.3 Å². The van der Waals surface area contributed by atoms with Crippen LogP contribution in [0.2, 0.25) is 0 Å². The third kappa shape index (κ3) is 10.0. The number of amides is 3. The van der Waals surface area contributed by atoms with Crippen molar-refractivity contribution >= 4 is 23.9 Å². The number of aryl methyl sites for hydroxylation is 1. The Morgan fingerprint density at radius 3 is 2.34 bits per heavy atom. The molecule has 0 fully saturated rings. The first-order valence-electron chi connectivity index (χ1n) is 11.4. The average molecular weight is 489 g/mol. The summed E-state index contributed by atoms with van der Waals surface area (Å²) in [4.78, 5) is 52.1. The predicted molar refractivity (Wildman–Crippen MR) is 129 cm³/mol. The number of ether oxygens (including phenoxy) is 2. The average Bonchev–Trinajstić information content (AvgIpc) is 2.74. The van der Waals surface area contributed by atoms with Crippen molar-refractivity contribution in [2.24, 2.45) is 5.92 Å². The highest BCUT2D eigenvalue weighted by atomic mass is 16.6. The van der Waals surface area contributed by atoms with Gasteiger partial charge in [-0.15, -0.1) is 0 Å². The van der Waals surface area contributed by atoms with Crippen molar-refractivity contribution in [1.29, 1.82) is 5.26 Å². The smallest absolute Gasteiger partial charge is 0.408 e. The lowest BCUT2D eigenvalue weighted by atomic mass is 9.98.